The summed E-state index contributed by atoms with van der Waals surface area (Å²) in [6.45, 7) is 2.74. The predicted molar refractivity (Wildman–Crippen MR) is 114 cm³/mol. The molecule has 0 N–H and O–H groups in total. The first-order valence-corrected chi connectivity index (χ1v) is 9.80. The van der Waals surface area contributed by atoms with Crippen molar-refractivity contribution in [3.05, 3.63) is 106 Å². The Hall–Kier alpha value is -3.73. The van der Waals surface area contributed by atoms with Crippen molar-refractivity contribution < 1.29 is 14.4 Å². The lowest BCUT2D eigenvalue weighted by Crippen LogP contribution is -2.29. The molecule has 0 aromatic heterocycles. The maximum Gasteiger partial charge on any atom is 0.261 e. The second-order valence-corrected chi connectivity index (χ2v) is 7.53. The van der Waals surface area contributed by atoms with E-state index in [-0.39, 0.29) is 24.3 Å². The van der Waals surface area contributed by atoms with E-state index in [1.807, 2.05) is 31.2 Å². The van der Waals surface area contributed by atoms with Crippen LogP contribution in [0.1, 0.15) is 47.8 Å². The SMILES string of the molecule is Cc1ccccc1CN(C)C(=O)c1ccc(CN2C(=O)c3ccccc3C2=O)cc1. The maximum absolute atomic E-state index is 12.8. The Morgan fingerprint density at radius 3 is 2.00 bits per heavy atom. The van der Waals surface area contributed by atoms with Crippen LogP contribution in [0.5, 0.6) is 0 Å². The molecule has 0 radical (unpaired) electrons. The Bertz CT molecular complexity index is 1100. The van der Waals surface area contributed by atoms with E-state index in [0.717, 1.165) is 16.7 Å². The van der Waals surface area contributed by atoms with E-state index in [1.54, 1.807) is 60.5 Å². The molecule has 150 valence electrons. The molecule has 5 heteroatoms. The van der Waals surface area contributed by atoms with Gasteiger partial charge in [-0.2, -0.15) is 0 Å². The fourth-order valence-corrected chi connectivity index (χ4v) is 3.65. The number of aryl methyl sites for hydroxylation is 1. The molecule has 3 aromatic carbocycles. The molecule has 0 aliphatic carbocycles. The quantitative estimate of drug-likeness (QED) is 0.609. The van der Waals surface area contributed by atoms with Gasteiger partial charge in [0.1, 0.15) is 0 Å². The monoisotopic (exact) mass is 398 g/mol. The predicted octanol–water partition coefficient (Wildman–Crippen LogP) is 4.06. The summed E-state index contributed by atoms with van der Waals surface area (Å²) in [6, 6.07) is 21.9. The van der Waals surface area contributed by atoms with Crippen LogP contribution in [-0.2, 0) is 13.1 Å². The van der Waals surface area contributed by atoms with Crippen LogP contribution >= 0.6 is 0 Å². The molecule has 0 unspecified atom stereocenters. The number of hydrogen-bond donors (Lipinski definition) is 0. The molecule has 3 amide bonds. The molecule has 0 bridgehead atoms. The van der Waals surface area contributed by atoms with Gasteiger partial charge >= 0.3 is 0 Å². The van der Waals surface area contributed by atoms with Gasteiger partial charge in [-0.1, -0.05) is 48.5 Å². The molecule has 4 rings (SSSR count). The molecule has 5 nitrogen and oxygen atoms in total. The molecule has 1 aliphatic rings. The van der Waals surface area contributed by atoms with Gasteiger partial charge in [0.2, 0.25) is 0 Å². The minimum absolute atomic E-state index is 0.0782. The van der Waals surface area contributed by atoms with Gasteiger partial charge in [-0.15, -0.1) is 0 Å². The molecule has 0 saturated carbocycles. The zero-order valence-corrected chi connectivity index (χ0v) is 17.0. The number of fused-ring (bicyclic) bond motifs is 1. The van der Waals surface area contributed by atoms with Gasteiger partial charge in [0.15, 0.2) is 0 Å². The van der Waals surface area contributed by atoms with E-state index in [1.165, 1.54) is 4.90 Å². The second-order valence-electron chi connectivity index (χ2n) is 7.53. The van der Waals surface area contributed by atoms with Crippen LogP contribution in [0.2, 0.25) is 0 Å². The van der Waals surface area contributed by atoms with Crippen molar-refractivity contribution in [1.29, 1.82) is 0 Å². The van der Waals surface area contributed by atoms with Gasteiger partial charge in [0.05, 0.1) is 17.7 Å². The molecular formula is C25H22N2O3. The molecule has 1 heterocycles. The highest BCUT2D eigenvalue weighted by atomic mass is 16.2. The van der Waals surface area contributed by atoms with Crippen molar-refractivity contribution in [2.24, 2.45) is 0 Å². The third-order valence-corrected chi connectivity index (χ3v) is 5.44. The lowest BCUT2D eigenvalue weighted by Gasteiger charge is -2.19. The maximum atomic E-state index is 12.8. The summed E-state index contributed by atoms with van der Waals surface area (Å²) in [5, 5.41) is 0. The molecule has 1 aliphatic heterocycles. The van der Waals surface area contributed by atoms with Crippen LogP contribution in [0.4, 0.5) is 0 Å². The van der Waals surface area contributed by atoms with Crippen molar-refractivity contribution in [3.8, 4) is 0 Å². The second kappa shape index (κ2) is 7.95. The van der Waals surface area contributed by atoms with Gasteiger partial charge < -0.3 is 4.90 Å². The fraction of sp³-hybridized carbons (Fsp3) is 0.160. The lowest BCUT2D eigenvalue weighted by atomic mass is 10.1. The highest BCUT2D eigenvalue weighted by Gasteiger charge is 2.34. The molecule has 0 fully saturated rings. The highest BCUT2D eigenvalue weighted by molar-refractivity contribution is 6.21. The topological polar surface area (TPSA) is 57.7 Å². The largest absolute Gasteiger partial charge is 0.337 e. The Labute approximate surface area is 175 Å². The Morgan fingerprint density at radius 1 is 0.833 bits per heavy atom. The first kappa shape index (κ1) is 19.6. The zero-order chi connectivity index (χ0) is 21.3. The van der Waals surface area contributed by atoms with Crippen molar-refractivity contribution in [1.82, 2.24) is 9.80 Å². The van der Waals surface area contributed by atoms with Gasteiger partial charge in [0.25, 0.3) is 17.7 Å². The number of carbonyl (C=O) groups is 3. The molecular weight excluding hydrogens is 376 g/mol. The van der Waals surface area contributed by atoms with E-state index in [0.29, 0.717) is 23.2 Å². The van der Waals surface area contributed by atoms with Crippen LogP contribution in [0.25, 0.3) is 0 Å². The lowest BCUT2D eigenvalue weighted by molar-refractivity contribution is 0.0641. The summed E-state index contributed by atoms with van der Waals surface area (Å²) in [4.78, 5) is 40.7. The number of rotatable bonds is 5. The number of benzene rings is 3. The summed E-state index contributed by atoms with van der Waals surface area (Å²) >= 11 is 0. The number of imide groups is 1. The minimum Gasteiger partial charge on any atom is -0.337 e. The van der Waals surface area contributed by atoms with E-state index in [2.05, 4.69) is 0 Å². The third kappa shape index (κ3) is 3.62. The van der Waals surface area contributed by atoms with Crippen LogP contribution in [-0.4, -0.2) is 34.6 Å². The van der Waals surface area contributed by atoms with Crippen LogP contribution < -0.4 is 0 Å². The van der Waals surface area contributed by atoms with Crippen molar-refractivity contribution in [2.75, 3.05) is 7.05 Å². The van der Waals surface area contributed by atoms with Crippen LogP contribution in [0, 0.1) is 6.92 Å². The van der Waals surface area contributed by atoms with Crippen molar-refractivity contribution >= 4 is 17.7 Å². The molecule has 30 heavy (non-hydrogen) atoms. The number of hydrogen-bond acceptors (Lipinski definition) is 3. The third-order valence-electron chi connectivity index (χ3n) is 5.44. The van der Waals surface area contributed by atoms with Gasteiger partial charge in [0, 0.05) is 19.2 Å². The fourth-order valence-electron chi connectivity index (χ4n) is 3.65. The smallest absolute Gasteiger partial charge is 0.261 e. The van der Waals surface area contributed by atoms with Gasteiger partial charge in [-0.05, 0) is 47.9 Å². The molecule has 0 saturated heterocycles. The average Bonchev–Trinajstić information content (AvgIpc) is 3.00. The summed E-state index contributed by atoms with van der Waals surface area (Å²) in [5.74, 6) is -0.645. The van der Waals surface area contributed by atoms with Crippen molar-refractivity contribution in [2.45, 2.75) is 20.0 Å². The summed E-state index contributed by atoms with van der Waals surface area (Å²) in [7, 11) is 1.78. The molecule has 0 spiro atoms. The Kier molecular flexibility index (Phi) is 5.19. The van der Waals surface area contributed by atoms with E-state index in [4.69, 9.17) is 0 Å². The van der Waals surface area contributed by atoms with E-state index < -0.39 is 0 Å². The molecule has 3 aromatic rings. The number of carbonyl (C=O) groups excluding carboxylic acids is 3. The Morgan fingerprint density at radius 2 is 1.40 bits per heavy atom. The highest BCUT2D eigenvalue weighted by Crippen LogP contribution is 2.24. The number of amides is 3. The Balaban J connectivity index is 1.44. The van der Waals surface area contributed by atoms with Crippen LogP contribution in [0.15, 0.2) is 72.8 Å². The van der Waals surface area contributed by atoms with Gasteiger partial charge in [-0.25, -0.2) is 0 Å². The minimum atomic E-state index is -0.284. The first-order valence-electron chi connectivity index (χ1n) is 9.80. The molecule has 0 atom stereocenters. The summed E-state index contributed by atoms with van der Waals surface area (Å²) in [6.07, 6.45) is 0. The standard InChI is InChI=1S/C25H22N2O3/c1-17-7-3-4-8-20(17)16-26(2)23(28)19-13-11-18(12-14-19)15-27-24(29)21-9-5-6-10-22(21)25(27)30/h3-14H,15-16H2,1-2H3. The van der Waals surface area contributed by atoms with E-state index in [9.17, 15) is 14.4 Å². The van der Waals surface area contributed by atoms with Crippen LogP contribution in [0.3, 0.4) is 0 Å². The van der Waals surface area contributed by atoms with E-state index >= 15 is 0 Å². The number of nitrogens with zero attached hydrogens (tertiary/aromatic N) is 2. The van der Waals surface area contributed by atoms with Gasteiger partial charge in [-0.3, -0.25) is 19.3 Å². The summed E-state index contributed by atoms with van der Waals surface area (Å²) in [5.41, 5.74) is 4.49. The normalized spacial score (nSPS) is 12.8. The first-order chi connectivity index (χ1) is 14.5. The average molecular weight is 398 g/mol. The summed E-state index contributed by atoms with van der Waals surface area (Å²) < 4.78 is 0. The van der Waals surface area contributed by atoms with Crippen molar-refractivity contribution in [3.63, 3.8) is 0 Å². The zero-order valence-electron chi connectivity index (χ0n) is 17.0.